The van der Waals surface area contributed by atoms with Crippen molar-refractivity contribution in [2.45, 2.75) is 51.1 Å². The monoisotopic (exact) mass is 327 g/mol. The van der Waals surface area contributed by atoms with Gasteiger partial charge < -0.3 is 10.2 Å². The van der Waals surface area contributed by atoms with Crippen LogP contribution in [0.2, 0.25) is 0 Å². The molecule has 23 heavy (non-hydrogen) atoms. The zero-order valence-electron chi connectivity index (χ0n) is 13.3. The summed E-state index contributed by atoms with van der Waals surface area (Å²) in [6.07, 6.45) is 6.22. The predicted molar refractivity (Wildman–Crippen MR) is 93.9 cm³/mol. The van der Waals surface area contributed by atoms with Crippen molar-refractivity contribution in [3.05, 3.63) is 40.4 Å². The highest BCUT2D eigenvalue weighted by atomic mass is 32.1. The van der Waals surface area contributed by atoms with Crippen LogP contribution in [0.1, 0.15) is 44.1 Å². The summed E-state index contributed by atoms with van der Waals surface area (Å²) < 4.78 is 0. The maximum atomic E-state index is 12.4. The van der Waals surface area contributed by atoms with Gasteiger partial charge in [-0.3, -0.25) is 4.79 Å². The van der Waals surface area contributed by atoms with Gasteiger partial charge in [0, 0.05) is 5.69 Å². The molecule has 1 aliphatic heterocycles. The number of nitrogens with one attached hydrogen (secondary N) is 1. The number of anilines is 1. The van der Waals surface area contributed by atoms with E-state index >= 15 is 0 Å². The van der Waals surface area contributed by atoms with Crippen LogP contribution in [0.5, 0.6) is 0 Å². The number of rotatable bonds is 1. The first-order valence-corrected chi connectivity index (χ1v) is 8.55. The molecule has 4 nitrogen and oxygen atoms in total. The lowest BCUT2D eigenvalue weighted by molar-refractivity contribution is -0.119. The molecule has 1 aromatic carbocycles. The fourth-order valence-corrected chi connectivity index (χ4v) is 4.12. The minimum absolute atomic E-state index is 0.0893. The van der Waals surface area contributed by atoms with E-state index in [1.807, 2.05) is 37.3 Å². The summed E-state index contributed by atoms with van der Waals surface area (Å²) >= 11 is 4.59. The number of benzene rings is 1. The maximum absolute atomic E-state index is 12.4. The molecule has 1 aromatic rings. The molecule has 5 heteroatoms. The number of hydrogen-bond donors (Lipinski definition) is 2. The molecule has 3 rings (SSSR count). The summed E-state index contributed by atoms with van der Waals surface area (Å²) in [5.41, 5.74) is 1.73. The van der Waals surface area contributed by atoms with Crippen LogP contribution in [-0.2, 0) is 4.79 Å². The Bertz CT molecular complexity index is 696. The molecule has 0 atom stereocenters. The molecule has 1 fully saturated rings. The van der Waals surface area contributed by atoms with Gasteiger partial charge in [0.1, 0.15) is 17.3 Å². The van der Waals surface area contributed by atoms with Crippen molar-refractivity contribution in [2.75, 3.05) is 4.90 Å². The third-order valence-electron chi connectivity index (χ3n) is 4.84. The molecule has 0 bridgehead atoms. The Kier molecular flexibility index (Phi) is 4.36. The Morgan fingerprint density at radius 3 is 2.48 bits per heavy atom. The average molecular weight is 327 g/mol. The van der Waals surface area contributed by atoms with Crippen LogP contribution in [0.4, 0.5) is 5.69 Å². The number of nitriles is 1. The Morgan fingerprint density at radius 2 is 1.87 bits per heavy atom. The van der Waals surface area contributed by atoms with E-state index in [1.54, 1.807) is 0 Å². The first-order valence-electron chi connectivity index (χ1n) is 8.11. The smallest absolute Gasteiger partial charge is 0.266 e. The molecule has 0 unspecified atom stereocenters. The summed E-state index contributed by atoms with van der Waals surface area (Å²) in [7, 11) is 0. The number of carbonyl (C=O) groups is 1. The largest absolute Gasteiger partial charge is 0.328 e. The van der Waals surface area contributed by atoms with Gasteiger partial charge in [-0.15, -0.1) is 12.6 Å². The predicted octanol–water partition coefficient (Wildman–Crippen LogP) is 3.65. The second kappa shape index (κ2) is 6.29. The van der Waals surface area contributed by atoms with Crippen LogP contribution < -0.4 is 10.2 Å². The number of amides is 1. The van der Waals surface area contributed by atoms with Gasteiger partial charge in [0.25, 0.3) is 5.91 Å². The van der Waals surface area contributed by atoms with Gasteiger partial charge in [-0.1, -0.05) is 31.0 Å². The molecule has 120 valence electrons. The van der Waals surface area contributed by atoms with E-state index in [0.717, 1.165) is 36.9 Å². The lowest BCUT2D eigenvalue weighted by atomic mass is 9.93. The first-order chi connectivity index (χ1) is 11.1. The second-order valence-corrected chi connectivity index (χ2v) is 6.76. The number of para-hydroxylation sites is 1. The van der Waals surface area contributed by atoms with Gasteiger partial charge in [0.15, 0.2) is 0 Å². The van der Waals surface area contributed by atoms with Crippen LogP contribution in [0.15, 0.2) is 34.9 Å². The molecule has 1 heterocycles. The number of aryl methyl sites for hydroxylation is 1. The number of carbonyl (C=O) groups excluding carboxylic acids is 1. The van der Waals surface area contributed by atoms with Crippen LogP contribution in [0.3, 0.4) is 0 Å². The van der Waals surface area contributed by atoms with E-state index in [9.17, 15) is 10.1 Å². The van der Waals surface area contributed by atoms with Crippen molar-refractivity contribution < 1.29 is 4.79 Å². The van der Waals surface area contributed by atoms with E-state index in [1.165, 1.54) is 12.8 Å². The van der Waals surface area contributed by atoms with E-state index < -0.39 is 5.66 Å². The molecule has 0 radical (unpaired) electrons. The molecule has 0 saturated heterocycles. The molecule has 1 amide bonds. The third-order valence-corrected chi connectivity index (χ3v) is 5.26. The number of thiol groups is 1. The van der Waals surface area contributed by atoms with Crippen LogP contribution >= 0.6 is 12.6 Å². The van der Waals surface area contributed by atoms with Crippen molar-refractivity contribution in [3.8, 4) is 6.07 Å². The number of nitrogens with zero attached hydrogens (tertiary/aromatic N) is 2. The van der Waals surface area contributed by atoms with E-state index in [2.05, 4.69) is 22.8 Å². The highest BCUT2D eigenvalue weighted by Gasteiger charge is 2.45. The lowest BCUT2D eigenvalue weighted by Gasteiger charge is -2.48. The van der Waals surface area contributed by atoms with Gasteiger partial charge in [0.05, 0.1) is 5.03 Å². The minimum Gasteiger partial charge on any atom is -0.328 e. The Morgan fingerprint density at radius 1 is 1.22 bits per heavy atom. The average Bonchev–Trinajstić information content (AvgIpc) is 2.75. The Balaban J connectivity index is 2.19. The quantitative estimate of drug-likeness (QED) is 0.774. The summed E-state index contributed by atoms with van der Waals surface area (Å²) in [6, 6.07) is 10.1. The Labute approximate surface area is 142 Å². The van der Waals surface area contributed by atoms with Crippen LogP contribution in [0.25, 0.3) is 0 Å². The van der Waals surface area contributed by atoms with Crippen LogP contribution in [-0.4, -0.2) is 11.6 Å². The summed E-state index contributed by atoms with van der Waals surface area (Å²) in [5.74, 6) is -0.302. The molecule has 1 N–H and O–H groups in total. The van der Waals surface area contributed by atoms with Crippen molar-refractivity contribution in [1.29, 1.82) is 5.26 Å². The summed E-state index contributed by atoms with van der Waals surface area (Å²) in [4.78, 5) is 14.5. The second-order valence-electron chi connectivity index (χ2n) is 6.33. The van der Waals surface area contributed by atoms with Crippen molar-refractivity contribution in [2.24, 2.45) is 0 Å². The van der Waals surface area contributed by atoms with E-state index in [0.29, 0.717) is 5.03 Å². The molecule has 0 aromatic heterocycles. The maximum Gasteiger partial charge on any atom is 0.266 e. The van der Waals surface area contributed by atoms with E-state index in [-0.39, 0.29) is 11.5 Å². The van der Waals surface area contributed by atoms with Gasteiger partial charge in [-0.25, -0.2) is 0 Å². The van der Waals surface area contributed by atoms with Gasteiger partial charge in [0.2, 0.25) is 0 Å². The zero-order valence-corrected chi connectivity index (χ0v) is 14.2. The number of hydrogen-bond acceptors (Lipinski definition) is 4. The lowest BCUT2D eigenvalue weighted by Crippen LogP contribution is -2.63. The fourth-order valence-electron chi connectivity index (χ4n) is 3.67. The summed E-state index contributed by atoms with van der Waals surface area (Å²) in [6.45, 7) is 2.04. The standard InChI is InChI=1S/C18H21N3OS/c1-13-8-4-5-9-15(13)21-17(23)14(12-19)16(22)20-18(21)10-6-2-3-7-11-18/h4-5,8-9,23H,2-3,6-7,10-11H2,1H3,(H,20,22). The third kappa shape index (κ3) is 2.72. The van der Waals surface area contributed by atoms with Gasteiger partial charge in [-0.05, 0) is 44.2 Å². The van der Waals surface area contributed by atoms with Crippen molar-refractivity contribution in [3.63, 3.8) is 0 Å². The molecule has 1 aliphatic carbocycles. The van der Waals surface area contributed by atoms with E-state index in [4.69, 9.17) is 0 Å². The highest BCUT2D eigenvalue weighted by Crippen LogP contribution is 2.42. The van der Waals surface area contributed by atoms with Gasteiger partial charge in [-0.2, -0.15) is 5.26 Å². The SMILES string of the molecule is Cc1ccccc1N1C(S)=C(C#N)C(=O)NC12CCCCCC2. The molecule has 2 aliphatic rings. The Hall–Kier alpha value is -1.93. The van der Waals surface area contributed by atoms with Crippen molar-refractivity contribution in [1.82, 2.24) is 5.32 Å². The minimum atomic E-state index is -0.475. The fraction of sp³-hybridized carbons (Fsp3) is 0.444. The topological polar surface area (TPSA) is 56.1 Å². The highest BCUT2D eigenvalue weighted by molar-refractivity contribution is 7.84. The summed E-state index contributed by atoms with van der Waals surface area (Å²) in [5, 5.41) is 13.0. The first kappa shape index (κ1) is 15.9. The zero-order chi connectivity index (χ0) is 16.4. The van der Waals surface area contributed by atoms with Crippen molar-refractivity contribution >= 4 is 24.2 Å². The molecule has 1 saturated carbocycles. The van der Waals surface area contributed by atoms with Crippen LogP contribution in [0, 0.1) is 18.3 Å². The molecular formula is C18H21N3OS. The molecule has 1 spiro atoms. The normalized spacial score (nSPS) is 20.9. The van der Waals surface area contributed by atoms with Gasteiger partial charge >= 0.3 is 0 Å². The molecular weight excluding hydrogens is 306 g/mol.